The minimum Gasteiger partial charge on any atom is -0.396 e. The predicted molar refractivity (Wildman–Crippen MR) is 138 cm³/mol. The molecule has 7 nitrogen and oxygen atoms in total. The Morgan fingerprint density at radius 3 is 2.46 bits per heavy atom. The highest BCUT2D eigenvalue weighted by molar-refractivity contribution is 7.15. The molecule has 0 aliphatic heterocycles. The molecule has 1 aromatic heterocycles. The molecule has 196 valence electrons. The summed E-state index contributed by atoms with van der Waals surface area (Å²) >= 11 is 1.48. The number of fused-ring (bicyclic) bond motifs is 2. The van der Waals surface area contributed by atoms with Crippen LogP contribution < -0.4 is 10.6 Å². The lowest BCUT2D eigenvalue weighted by Gasteiger charge is -2.58. The number of aromatic nitrogens is 1. The minimum absolute atomic E-state index is 0.0131. The van der Waals surface area contributed by atoms with Crippen LogP contribution in [-0.2, 0) is 16.0 Å². The Labute approximate surface area is 213 Å². The lowest BCUT2D eigenvalue weighted by atomic mass is 9.47. The van der Waals surface area contributed by atoms with Crippen LogP contribution in [0.1, 0.15) is 102 Å². The van der Waals surface area contributed by atoms with Crippen LogP contribution >= 0.6 is 11.3 Å². The molecule has 5 atom stereocenters. The van der Waals surface area contributed by atoms with Gasteiger partial charge in [-0.15, -0.1) is 11.3 Å². The topological polar surface area (TPSA) is 112 Å². The SMILES string of the molecule is CC(C)(C)CC(=O)Nc1nc2c(s1)C[C@@H]1[C@](C)(CO)[C@H](O)CC[C@@]1(C)[C@@H]2CC(=O)NC1CCCC1. The molecule has 2 saturated carbocycles. The number of nitrogens with zero attached hydrogens (tertiary/aromatic N) is 1. The van der Waals surface area contributed by atoms with Gasteiger partial charge in [0.1, 0.15) is 0 Å². The Kier molecular flexibility index (Phi) is 7.39. The van der Waals surface area contributed by atoms with E-state index in [2.05, 4.69) is 17.6 Å². The summed E-state index contributed by atoms with van der Waals surface area (Å²) in [5, 5.41) is 28.1. The molecule has 0 saturated heterocycles. The predicted octanol–water partition coefficient (Wildman–Crippen LogP) is 4.38. The van der Waals surface area contributed by atoms with Gasteiger partial charge in [-0.1, -0.05) is 47.5 Å². The summed E-state index contributed by atoms with van der Waals surface area (Å²) in [6, 6.07) is 0.257. The highest BCUT2D eigenvalue weighted by atomic mass is 32.1. The largest absolute Gasteiger partial charge is 0.396 e. The zero-order valence-corrected chi connectivity index (χ0v) is 22.8. The maximum Gasteiger partial charge on any atom is 0.226 e. The van der Waals surface area contributed by atoms with E-state index in [1.807, 2.05) is 27.7 Å². The minimum atomic E-state index is -0.648. The molecular weight excluding hydrogens is 462 g/mol. The number of rotatable bonds is 6. The third-order valence-electron chi connectivity index (χ3n) is 8.94. The van der Waals surface area contributed by atoms with Crippen molar-refractivity contribution in [1.82, 2.24) is 10.3 Å². The quantitative estimate of drug-likeness (QED) is 0.458. The van der Waals surface area contributed by atoms with Gasteiger partial charge >= 0.3 is 0 Å². The first kappa shape index (κ1) is 26.6. The molecule has 0 radical (unpaired) electrons. The third-order valence-corrected chi connectivity index (χ3v) is 9.95. The van der Waals surface area contributed by atoms with Crippen molar-refractivity contribution in [3.05, 3.63) is 10.6 Å². The van der Waals surface area contributed by atoms with Gasteiger partial charge < -0.3 is 20.8 Å². The first-order valence-electron chi connectivity index (χ1n) is 13.2. The van der Waals surface area contributed by atoms with E-state index in [4.69, 9.17) is 4.98 Å². The van der Waals surface area contributed by atoms with Crippen LogP contribution in [0.2, 0.25) is 0 Å². The van der Waals surface area contributed by atoms with Crippen LogP contribution in [0, 0.1) is 22.2 Å². The van der Waals surface area contributed by atoms with Crippen molar-refractivity contribution in [1.29, 1.82) is 0 Å². The molecule has 3 aliphatic carbocycles. The molecule has 0 spiro atoms. The molecule has 1 aromatic rings. The van der Waals surface area contributed by atoms with Gasteiger partial charge in [0.05, 0.1) is 18.4 Å². The summed E-state index contributed by atoms with van der Waals surface area (Å²) in [7, 11) is 0. The number of aliphatic hydroxyl groups is 2. The van der Waals surface area contributed by atoms with E-state index in [0.717, 1.165) is 42.7 Å². The number of thiazole rings is 1. The molecular formula is C27H43N3O4S. The molecule has 35 heavy (non-hydrogen) atoms. The molecule has 0 aromatic carbocycles. The molecule has 3 aliphatic rings. The average molecular weight is 506 g/mol. The van der Waals surface area contributed by atoms with E-state index < -0.39 is 11.5 Å². The zero-order valence-electron chi connectivity index (χ0n) is 21.9. The van der Waals surface area contributed by atoms with E-state index in [0.29, 0.717) is 30.8 Å². The van der Waals surface area contributed by atoms with Crippen molar-refractivity contribution in [2.45, 2.75) is 110 Å². The molecule has 4 N–H and O–H groups in total. The summed E-state index contributed by atoms with van der Waals surface area (Å²) < 4.78 is 0. The maximum atomic E-state index is 13.2. The van der Waals surface area contributed by atoms with Crippen LogP contribution in [0.4, 0.5) is 5.13 Å². The van der Waals surface area contributed by atoms with Gasteiger partial charge in [0.25, 0.3) is 0 Å². The molecule has 0 bridgehead atoms. The lowest BCUT2D eigenvalue weighted by molar-refractivity contribution is -0.144. The van der Waals surface area contributed by atoms with Gasteiger partial charge in [0.15, 0.2) is 5.13 Å². The van der Waals surface area contributed by atoms with Crippen molar-refractivity contribution >= 4 is 28.3 Å². The van der Waals surface area contributed by atoms with Gasteiger partial charge in [0, 0.05) is 35.1 Å². The van der Waals surface area contributed by atoms with Crippen molar-refractivity contribution in [3.8, 4) is 0 Å². The standard InChI is InChI=1S/C27H43N3O4S/c1-25(2,3)14-22(34)29-24-30-23-17(12-21(33)28-16-8-6-7-9-16)26(4)11-10-20(32)27(5,15-31)19(26)13-18(23)35-24/h16-17,19-20,31-32H,6-15H2,1-5H3,(H,28,33)(H,29,30,34)/t17-,19+,20-,26+,27+/m1/s1. The van der Waals surface area contributed by atoms with Crippen molar-refractivity contribution in [3.63, 3.8) is 0 Å². The van der Waals surface area contributed by atoms with E-state index in [1.54, 1.807) is 0 Å². The number of aliphatic hydroxyl groups excluding tert-OH is 2. The van der Waals surface area contributed by atoms with Gasteiger partial charge in [-0.3, -0.25) is 9.59 Å². The van der Waals surface area contributed by atoms with Crippen molar-refractivity contribution in [2.24, 2.45) is 22.2 Å². The number of carbonyl (C=O) groups is 2. The number of nitrogens with one attached hydrogen (secondary N) is 2. The van der Waals surface area contributed by atoms with Gasteiger partial charge in [-0.05, 0) is 48.9 Å². The molecule has 2 fully saturated rings. The fraction of sp³-hybridized carbons (Fsp3) is 0.815. The third kappa shape index (κ3) is 5.30. The number of hydrogen-bond acceptors (Lipinski definition) is 6. The smallest absolute Gasteiger partial charge is 0.226 e. The van der Waals surface area contributed by atoms with Crippen molar-refractivity contribution in [2.75, 3.05) is 11.9 Å². The molecule has 8 heteroatoms. The highest BCUT2D eigenvalue weighted by Crippen LogP contribution is 2.62. The second-order valence-electron chi connectivity index (χ2n) is 12.9. The Bertz CT molecular complexity index is 951. The summed E-state index contributed by atoms with van der Waals surface area (Å²) in [6.07, 6.45) is 6.62. The average Bonchev–Trinajstić information content (AvgIpc) is 3.40. The fourth-order valence-corrected chi connectivity index (χ4v) is 7.97. The summed E-state index contributed by atoms with van der Waals surface area (Å²) in [4.78, 5) is 31.8. The second-order valence-corrected chi connectivity index (χ2v) is 14.0. The summed E-state index contributed by atoms with van der Waals surface area (Å²) in [5.41, 5.74) is -0.135. The Balaban J connectivity index is 1.66. The molecule has 4 rings (SSSR count). The van der Waals surface area contributed by atoms with Crippen molar-refractivity contribution < 1.29 is 19.8 Å². The van der Waals surface area contributed by atoms with E-state index in [9.17, 15) is 19.8 Å². The zero-order chi connectivity index (χ0) is 25.6. The van der Waals surface area contributed by atoms with Crippen LogP contribution in [0.25, 0.3) is 0 Å². The van der Waals surface area contributed by atoms with E-state index >= 15 is 0 Å². The van der Waals surface area contributed by atoms with E-state index in [-0.39, 0.29) is 47.1 Å². The fourth-order valence-electron chi connectivity index (χ4n) is 6.89. The first-order valence-corrected chi connectivity index (χ1v) is 14.0. The van der Waals surface area contributed by atoms with Gasteiger partial charge in [-0.2, -0.15) is 0 Å². The summed E-state index contributed by atoms with van der Waals surface area (Å²) in [5.74, 6) is -0.115. The molecule has 0 unspecified atom stereocenters. The first-order chi connectivity index (χ1) is 16.4. The number of amides is 2. The lowest BCUT2D eigenvalue weighted by Crippen LogP contribution is -2.57. The Morgan fingerprint density at radius 1 is 1.14 bits per heavy atom. The van der Waals surface area contributed by atoms with Crippen LogP contribution in [0.5, 0.6) is 0 Å². The van der Waals surface area contributed by atoms with Crippen LogP contribution in [0.3, 0.4) is 0 Å². The Morgan fingerprint density at radius 2 is 1.83 bits per heavy atom. The van der Waals surface area contributed by atoms with Crippen LogP contribution in [0.15, 0.2) is 0 Å². The summed E-state index contributed by atoms with van der Waals surface area (Å²) in [6.45, 7) is 10.2. The maximum absolute atomic E-state index is 13.2. The monoisotopic (exact) mass is 505 g/mol. The molecule has 1 heterocycles. The number of hydrogen-bond donors (Lipinski definition) is 4. The van der Waals surface area contributed by atoms with Gasteiger partial charge in [0.2, 0.25) is 11.8 Å². The van der Waals surface area contributed by atoms with Gasteiger partial charge in [-0.25, -0.2) is 4.98 Å². The highest BCUT2D eigenvalue weighted by Gasteiger charge is 2.59. The van der Waals surface area contributed by atoms with E-state index in [1.165, 1.54) is 11.3 Å². The number of carbonyl (C=O) groups excluding carboxylic acids is 2. The van der Waals surface area contributed by atoms with Crippen LogP contribution in [-0.4, -0.2) is 45.8 Å². The molecule has 2 amide bonds. The second kappa shape index (κ2) is 9.75. The Hall–Kier alpha value is -1.51. The number of anilines is 1. The normalized spacial score (nSPS) is 33.2.